The van der Waals surface area contributed by atoms with Gasteiger partial charge in [0.05, 0.1) is 18.6 Å². The van der Waals surface area contributed by atoms with E-state index in [1.165, 1.54) is 12.3 Å². The molecule has 22 heavy (non-hydrogen) atoms. The van der Waals surface area contributed by atoms with Crippen molar-refractivity contribution in [2.24, 2.45) is 0 Å². The van der Waals surface area contributed by atoms with Gasteiger partial charge in [-0.15, -0.1) is 11.3 Å². The van der Waals surface area contributed by atoms with E-state index in [4.69, 9.17) is 4.42 Å². The Kier molecular flexibility index (Phi) is 5.40. The number of nitrogens with one attached hydrogen (secondary N) is 2. The SMILES string of the molecule is Cc1ccc(S(=O)(=O)NCCS(=O)(=O)NCc2ccco2)s1. The van der Waals surface area contributed by atoms with Crippen LogP contribution in [0.3, 0.4) is 0 Å². The van der Waals surface area contributed by atoms with Crippen LogP contribution in [0, 0.1) is 6.92 Å². The van der Waals surface area contributed by atoms with E-state index in [1.807, 2.05) is 0 Å². The maximum absolute atomic E-state index is 11.9. The van der Waals surface area contributed by atoms with Crippen LogP contribution in [-0.2, 0) is 26.6 Å². The molecule has 0 aliphatic heterocycles. The summed E-state index contributed by atoms with van der Waals surface area (Å²) in [6.45, 7) is 1.63. The molecular weight excluding hydrogens is 348 g/mol. The quantitative estimate of drug-likeness (QED) is 0.728. The van der Waals surface area contributed by atoms with E-state index >= 15 is 0 Å². The van der Waals surface area contributed by atoms with Gasteiger partial charge in [-0.3, -0.25) is 0 Å². The van der Waals surface area contributed by atoms with E-state index in [0.29, 0.717) is 5.76 Å². The van der Waals surface area contributed by atoms with E-state index in [-0.39, 0.29) is 23.1 Å². The number of hydrogen-bond donors (Lipinski definition) is 2. The van der Waals surface area contributed by atoms with Crippen molar-refractivity contribution in [1.29, 1.82) is 0 Å². The summed E-state index contributed by atoms with van der Waals surface area (Å²) in [6.07, 6.45) is 1.45. The lowest BCUT2D eigenvalue weighted by molar-refractivity contribution is 0.498. The van der Waals surface area contributed by atoms with Gasteiger partial charge in [0.25, 0.3) is 0 Å². The lowest BCUT2D eigenvalue weighted by atomic mass is 10.5. The van der Waals surface area contributed by atoms with Crippen LogP contribution >= 0.6 is 11.3 Å². The van der Waals surface area contributed by atoms with Gasteiger partial charge in [0.2, 0.25) is 20.0 Å². The van der Waals surface area contributed by atoms with Gasteiger partial charge < -0.3 is 4.42 Å². The third-order valence-electron chi connectivity index (χ3n) is 2.69. The highest BCUT2D eigenvalue weighted by Crippen LogP contribution is 2.19. The molecular formula is C12H16N2O5S3. The summed E-state index contributed by atoms with van der Waals surface area (Å²) >= 11 is 1.13. The third-order valence-corrected chi connectivity index (χ3v) is 6.97. The fraction of sp³-hybridized carbons (Fsp3) is 0.333. The lowest BCUT2D eigenvalue weighted by Gasteiger charge is -2.07. The Labute approximate surface area is 133 Å². The minimum absolute atomic E-state index is 0.0339. The van der Waals surface area contributed by atoms with Crippen LogP contribution < -0.4 is 9.44 Å². The molecule has 0 bridgehead atoms. The molecule has 2 aromatic rings. The maximum atomic E-state index is 11.9. The van der Waals surface area contributed by atoms with E-state index in [0.717, 1.165) is 16.2 Å². The molecule has 0 amide bonds. The molecule has 122 valence electrons. The van der Waals surface area contributed by atoms with Crippen LogP contribution in [0.4, 0.5) is 0 Å². The summed E-state index contributed by atoms with van der Waals surface area (Å²) in [5.41, 5.74) is 0. The fourth-order valence-corrected chi connectivity index (χ4v) is 4.97. The number of rotatable bonds is 8. The number of furan rings is 1. The first-order valence-corrected chi connectivity index (χ1v) is 10.3. The van der Waals surface area contributed by atoms with Crippen molar-refractivity contribution in [3.05, 3.63) is 41.2 Å². The Morgan fingerprint density at radius 1 is 1.14 bits per heavy atom. The molecule has 0 aromatic carbocycles. The smallest absolute Gasteiger partial charge is 0.250 e. The second kappa shape index (κ2) is 6.92. The molecule has 2 heterocycles. The zero-order chi connectivity index (χ0) is 16.2. The van der Waals surface area contributed by atoms with Crippen LogP contribution in [0.15, 0.2) is 39.2 Å². The van der Waals surface area contributed by atoms with E-state index < -0.39 is 20.0 Å². The molecule has 0 fully saturated rings. The summed E-state index contributed by atoms with van der Waals surface area (Å²) in [5, 5.41) is 0. The van der Waals surface area contributed by atoms with Crippen molar-refractivity contribution in [3.8, 4) is 0 Å². The Balaban J connectivity index is 1.84. The topological polar surface area (TPSA) is 105 Å². The standard InChI is InChI=1S/C12H16N2O5S3/c1-10-4-5-12(20-10)22(17,18)13-6-8-21(15,16)14-9-11-3-2-7-19-11/h2-5,7,13-14H,6,8-9H2,1H3. The average molecular weight is 364 g/mol. The first kappa shape index (κ1) is 17.2. The van der Waals surface area contributed by atoms with Crippen molar-refractivity contribution < 1.29 is 21.3 Å². The Morgan fingerprint density at radius 3 is 2.50 bits per heavy atom. The van der Waals surface area contributed by atoms with Gasteiger partial charge in [0.15, 0.2) is 0 Å². The molecule has 2 N–H and O–H groups in total. The van der Waals surface area contributed by atoms with Gasteiger partial charge in [-0.1, -0.05) is 0 Å². The van der Waals surface area contributed by atoms with Crippen molar-refractivity contribution >= 4 is 31.4 Å². The summed E-state index contributed by atoms with van der Waals surface area (Å²) in [6, 6.07) is 6.48. The average Bonchev–Trinajstić information content (AvgIpc) is 3.07. The van der Waals surface area contributed by atoms with Gasteiger partial charge in [-0.2, -0.15) is 0 Å². The highest BCUT2D eigenvalue weighted by atomic mass is 32.2. The van der Waals surface area contributed by atoms with Crippen molar-refractivity contribution in [2.45, 2.75) is 17.7 Å². The summed E-state index contributed by atoms with van der Waals surface area (Å²) in [7, 11) is -7.25. The Hall–Kier alpha value is -1.20. The summed E-state index contributed by atoms with van der Waals surface area (Å²) < 4.78 is 57.2. The van der Waals surface area contributed by atoms with E-state index in [2.05, 4.69) is 9.44 Å². The molecule has 2 rings (SSSR count). The van der Waals surface area contributed by atoms with Gasteiger partial charge in [0.1, 0.15) is 9.97 Å². The zero-order valence-corrected chi connectivity index (χ0v) is 14.2. The number of thiophene rings is 1. The predicted molar refractivity (Wildman–Crippen MR) is 83.6 cm³/mol. The highest BCUT2D eigenvalue weighted by molar-refractivity contribution is 7.92. The molecule has 0 saturated heterocycles. The van der Waals surface area contributed by atoms with E-state index in [9.17, 15) is 16.8 Å². The number of aryl methyl sites for hydroxylation is 1. The maximum Gasteiger partial charge on any atom is 0.250 e. The lowest BCUT2D eigenvalue weighted by Crippen LogP contribution is -2.34. The Bertz CT molecular complexity index is 807. The molecule has 10 heteroatoms. The van der Waals surface area contributed by atoms with Crippen LogP contribution in [0.25, 0.3) is 0 Å². The first-order valence-electron chi connectivity index (χ1n) is 6.34. The fourth-order valence-electron chi connectivity index (χ4n) is 1.60. The number of sulfonamides is 2. The first-order chi connectivity index (χ1) is 10.3. The van der Waals surface area contributed by atoms with E-state index in [1.54, 1.807) is 25.1 Å². The van der Waals surface area contributed by atoms with Crippen LogP contribution in [-0.4, -0.2) is 29.1 Å². The molecule has 0 saturated carbocycles. The van der Waals surface area contributed by atoms with Crippen molar-refractivity contribution in [2.75, 3.05) is 12.3 Å². The molecule has 0 aliphatic rings. The van der Waals surface area contributed by atoms with Crippen molar-refractivity contribution in [3.63, 3.8) is 0 Å². The summed E-state index contributed by atoms with van der Waals surface area (Å²) in [4.78, 5) is 0.869. The zero-order valence-electron chi connectivity index (χ0n) is 11.8. The van der Waals surface area contributed by atoms with Crippen molar-refractivity contribution in [1.82, 2.24) is 9.44 Å². The molecule has 0 spiro atoms. The summed E-state index contributed by atoms with van der Waals surface area (Å²) in [5.74, 6) is 0.135. The molecule has 0 atom stereocenters. The molecule has 7 nitrogen and oxygen atoms in total. The van der Waals surface area contributed by atoms with Gasteiger partial charge in [-0.25, -0.2) is 26.3 Å². The third kappa shape index (κ3) is 4.92. The second-order valence-electron chi connectivity index (χ2n) is 4.48. The molecule has 0 unspecified atom stereocenters. The minimum atomic E-state index is -3.66. The minimum Gasteiger partial charge on any atom is -0.468 e. The monoisotopic (exact) mass is 364 g/mol. The van der Waals surface area contributed by atoms with Gasteiger partial charge in [-0.05, 0) is 31.2 Å². The molecule has 2 aromatic heterocycles. The second-order valence-corrected chi connectivity index (χ2v) is 9.69. The van der Waals surface area contributed by atoms with Gasteiger partial charge in [0, 0.05) is 11.4 Å². The predicted octanol–water partition coefficient (Wildman–Crippen LogP) is 1.05. The normalized spacial score (nSPS) is 12.6. The van der Waals surface area contributed by atoms with Gasteiger partial charge >= 0.3 is 0 Å². The Morgan fingerprint density at radius 2 is 1.91 bits per heavy atom. The van der Waals surface area contributed by atoms with Crippen LogP contribution in [0.5, 0.6) is 0 Å². The highest BCUT2D eigenvalue weighted by Gasteiger charge is 2.18. The largest absolute Gasteiger partial charge is 0.468 e. The number of hydrogen-bond acceptors (Lipinski definition) is 6. The molecule has 0 radical (unpaired) electrons. The van der Waals surface area contributed by atoms with Crippen LogP contribution in [0.1, 0.15) is 10.6 Å². The van der Waals surface area contributed by atoms with Crippen LogP contribution in [0.2, 0.25) is 0 Å². The molecule has 0 aliphatic carbocycles.